The molecule has 1 saturated carbocycles. The molecule has 0 radical (unpaired) electrons. The van der Waals surface area contributed by atoms with Crippen LogP contribution in [0.1, 0.15) is 47.3 Å². The van der Waals surface area contributed by atoms with Crippen LogP contribution in [0, 0.1) is 23.1 Å². The second-order valence-corrected chi connectivity index (χ2v) is 10.2. The maximum absolute atomic E-state index is 14.9. The fourth-order valence-corrected chi connectivity index (χ4v) is 6.21. The fraction of sp³-hybridized carbons (Fsp3) is 0.480. The zero-order chi connectivity index (χ0) is 22.9. The first kappa shape index (κ1) is 22.1. The Morgan fingerprint density at radius 3 is 2.73 bits per heavy atom. The van der Waals surface area contributed by atoms with E-state index >= 15 is 0 Å². The number of thiophene rings is 1. The summed E-state index contributed by atoms with van der Waals surface area (Å²) in [5.41, 5.74) is 1.88. The lowest BCUT2D eigenvalue weighted by molar-refractivity contribution is -0.124. The van der Waals surface area contributed by atoms with Gasteiger partial charge in [-0.15, -0.1) is 11.3 Å². The third-order valence-electron chi connectivity index (χ3n) is 7.13. The minimum atomic E-state index is -0.787. The molecular weight excluding hydrogens is 439 g/mol. The first-order valence-corrected chi connectivity index (χ1v) is 12.5. The highest BCUT2D eigenvalue weighted by molar-refractivity contribution is 7.12. The number of nitrogens with zero attached hydrogens (tertiary/aromatic N) is 2. The van der Waals surface area contributed by atoms with Crippen LogP contribution in [0.15, 0.2) is 29.6 Å². The highest BCUT2D eigenvalue weighted by atomic mass is 32.1. The van der Waals surface area contributed by atoms with Crippen LogP contribution in [0.3, 0.4) is 0 Å². The summed E-state index contributed by atoms with van der Waals surface area (Å²) in [4.78, 5) is 27.7. The third-order valence-corrected chi connectivity index (χ3v) is 8.05. The van der Waals surface area contributed by atoms with Crippen LogP contribution in [0.25, 0.3) is 11.1 Å². The molecule has 0 spiro atoms. The number of likely N-dealkylation sites (tertiary alicyclic amines) is 1. The van der Waals surface area contributed by atoms with Crippen LogP contribution in [-0.4, -0.2) is 47.9 Å². The van der Waals surface area contributed by atoms with Crippen molar-refractivity contribution in [3.8, 4) is 17.2 Å². The molecular formula is C25H27FN4O2S. The number of carbonyl (C=O) groups excluding carboxylic acids is 2. The minimum Gasteiger partial charge on any atom is -0.339 e. The lowest BCUT2D eigenvalue weighted by Crippen LogP contribution is -2.50. The number of halogens is 1. The van der Waals surface area contributed by atoms with Gasteiger partial charge < -0.3 is 15.5 Å². The second-order valence-electron chi connectivity index (χ2n) is 9.31. The van der Waals surface area contributed by atoms with E-state index in [2.05, 4.69) is 16.7 Å². The predicted molar refractivity (Wildman–Crippen MR) is 124 cm³/mol. The number of nitriles is 1. The summed E-state index contributed by atoms with van der Waals surface area (Å²) >= 11 is 1.38. The van der Waals surface area contributed by atoms with E-state index in [-0.39, 0.29) is 24.3 Å². The molecule has 2 amide bonds. The van der Waals surface area contributed by atoms with Crippen LogP contribution in [0.4, 0.5) is 4.39 Å². The fourth-order valence-electron chi connectivity index (χ4n) is 5.33. The normalized spacial score (nSPS) is 24.6. The van der Waals surface area contributed by atoms with Crippen molar-refractivity contribution in [2.24, 2.45) is 5.92 Å². The summed E-state index contributed by atoms with van der Waals surface area (Å²) in [7, 11) is 0. The molecule has 2 bridgehead atoms. The van der Waals surface area contributed by atoms with Crippen molar-refractivity contribution < 1.29 is 14.0 Å². The first-order valence-electron chi connectivity index (χ1n) is 11.6. The van der Waals surface area contributed by atoms with Gasteiger partial charge in [0.25, 0.3) is 5.91 Å². The summed E-state index contributed by atoms with van der Waals surface area (Å²) in [5.74, 6) is -0.213. The number of piperidine rings is 1. The topological polar surface area (TPSA) is 85.2 Å². The molecule has 33 heavy (non-hydrogen) atoms. The highest BCUT2D eigenvalue weighted by Crippen LogP contribution is 2.35. The summed E-state index contributed by atoms with van der Waals surface area (Å²) in [6, 6.07) is 8.19. The standard InChI is InChI=1S/C25H27FN4O2S/c26-21-11-15(18-12-22(33-14-18)25(32)30-7-1-2-8-30)3-4-16(21)9-20(13-27)29-24(31)23-17-5-6-19(10-17)28-23/h3-4,11-12,14,17,19-20,23,28H,1-2,5-10H2,(H,29,31)/t17?,19?,20-,23?/m0/s1. The van der Waals surface area contributed by atoms with Crippen molar-refractivity contribution in [1.29, 1.82) is 5.26 Å². The van der Waals surface area contributed by atoms with Crippen LogP contribution in [0.5, 0.6) is 0 Å². The Hall–Kier alpha value is -2.76. The van der Waals surface area contributed by atoms with E-state index in [0.717, 1.165) is 50.8 Å². The molecule has 3 unspecified atom stereocenters. The summed E-state index contributed by atoms with van der Waals surface area (Å²) in [6.07, 6.45) is 5.34. The first-order chi connectivity index (χ1) is 16.0. The zero-order valence-corrected chi connectivity index (χ0v) is 19.2. The number of hydrogen-bond donors (Lipinski definition) is 2. The molecule has 2 saturated heterocycles. The van der Waals surface area contributed by atoms with Gasteiger partial charge in [0.15, 0.2) is 0 Å². The van der Waals surface area contributed by atoms with Gasteiger partial charge in [-0.25, -0.2) is 4.39 Å². The summed E-state index contributed by atoms with van der Waals surface area (Å²) < 4.78 is 14.9. The Kier molecular flexibility index (Phi) is 6.17. The smallest absolute Gasteiger partial charge is 0.263 e. The van der Waals surface area contributed by atoms with Gasteiger partial charge >= 0.3 is 0 Å². The van der Waals surface area contributed by atoms with Crippen LogP contribution >= 0.6 is 11.3 Å². The molecule has 2 N–H and O–H groups in total. The molecule has 2 aliphatic heterocycles. The maximum atomic E-state index is 14.9. The van der Waals surface area contributed by atoms with Crippen molar-refractivity contribution >= 4 is 23.2 Å². The number of amides is 2. The molecule has 8 heteroatoms. The van der Waals surface area contributed by atoms with Gasteiger partial charge in [-0.05, 0) is 72.2 Å². The molecule has 1 aromatic heterocycles. The van der Waals surface area contributed by atoms with Gasteiger partial charge in [-0.3, -0.25) is 9.59 Å². The molecule has 6 nitrogen and oxygen atoms in total. The molecule has 3 aliphatic rings. The largest absolute Gasteiger partial charge is 0.339 e. The maximum Gasteiger partial charge on any atom is 0.263 e. The van der Waals surface area contributed by atoms with Gasteiger partial charge in [-0.2, -0.15) is 5.26 Å². The minimum absolute atomic E-state index is 0.0402. The van der Waals surface area contributed by atoms with Crippen molar-refractivity contribution in [3.63, 3.8) is 0 Å². The predicted octanol–water partition coefficient (Wildman–Crippen LogP) is 3.48. The highest BCUT2D eigenvalue weighted by Gasteiger charge is 2.43. The van der Waals surface area contributed by atoms with Gasteiger partial charge in [0.2, 0.25) is 5.91 Å². The van der Waals surface area contributed by atoms with E-state index in [1.807, 2.05) is 16.3 Å². The Bertz CT molecular complexity index is 1100. The summed E-state index contributed by atoms with van der Waals surface area (Å²) in [5, 5.41) is 17.5. The molecule has 2 aromatic rings. The Labute approximate surface area is 196 Å². The van der Waals surface area contributed by atoms with E-state index in [1.165, 1.54) is 17.4 Å². The molecule has 3 fully saturated rings. The number of fused-ring (bicyclic) bond motifs is 2. The van der Waals surface area contributed by atoms with Crippen molar-refractivity contribution in [2.45, 2.75) is 56.7 Å². The van der Waals surface area contributed by atoms with Crippen LogP contribution in [-0.2, 0) is 11.2 Å². The van der Waals surface area contributed by atoms with E-state index < -0.39 is 11.9 Å². The van der Waals surface area contributed by atoms with Gasteiger partial charge in [0.1, 0.15) is 11.9 Å². The number of benzene rings is 1. The van der Waals surface area contributed by atoms with E-state index in [0.29, 0.717) is 28.0 Å². The second kappa shape index (κ2) is 9.24. The molecule has 172 valence electrons. The van der Waals surface area contributed by atoms with E-state index in [9.17, 15) is 19.2 Å². The number of nitrogens with one attached hydrogen (secondary N) is 2. The lowest BCUT2D eigenvalue weighted by atomic mass is 9.98. The van der Waals surface area contributed by atoms with E-state index in [4.69, 9.17) is 0 Å². The Morgan fingerprint density at radius 1 is 1.24 bits per heavy atom. The van der Waals surface area contributed by atoms with E-state index in [1.54, 1.807) is 12.1 Å². The van der Waals surface area contributed by atoms with Crippen molar-refractivity contribution in [1.82, 2.24) is 15.5 Å². The average molecular weight is 467 g/mol. The average Bonchev–Trinajstić information content (AvgIpc) is 3.63. The quantitative estimate of drug-likeness (QED) is 0.683. The third kappa shape index (κ3) is 4.53. The SMILES string of the molecule is N#C[C@H](Cc1ccc(-c2csc(C(=O)N3CCCC3)c2)cc1F)NC(=O)C1NC2CCC1C2. The summed E-state index contributed by atoms with van der Waals surface area (Å²) in [6.45, 7) is 1.59. The number of rotatable bonds is 6. The number of carbonyl (C=O) groups is 2. The zero-order valence-electron chi connectivity index (χ0n) is 18.4. The molecule has 4 atom stereocenters. The van der Waals surface area contributed by atoms with Crippen LogP contribution < -0.4 is 10.6 Å². The van der Waals surface area contributed by atoms with Gasteiger partial charge in [0.05, 0.1) is 17.0 Å². The Balaban J connectivity index is 1.23. The van der Waals surface area contributed by atoms with Crippen molar-refractivity contribution in [3.05, 3.63) is 45.9 Å². The van der Waals surface area contributed by atoms with Crippen LogP contribution in [0.2, 0.25) is 0 Å². The Morgan fingerprint density at radius 2 is 2.06 bits per heavy atom. The monoisotopic (exact) mass is 466 g/mol. The molecule has 1 aromatic carbocycles. The lowest BCUT2D eigenvalue weighted by Gasteiger charge is -2.23. The molecule has 3 heterocycles. The number of hydrogen-bond acceptors (Lipinski definition) is 5. The van der Waals surface area contributed by atoms with Gasteiger partial charge in [0, 0.05) is 25.6 Å². The van der Waals surface area contributed by atoms with Gasteiger partial charge in [-0.1, -0.05) is 12.1 Å². The molecule has 1 aliphatic carbocycles. The molecule has 5 rings (SSSR count). The van der Waals surface area contributed by atoms with Crippen molar-refractivity contribution in [2.75, 3.05) is 13.1 Å².